The number of carboxylic acids is 2. The predicted molar refractivity (Wildman–Crippen MR) is 32.5 cm³/mol. The summed E-state index contributed by atoms with van der Waals surface area (Å²) < 4.78 is 4.24. The molecule has 0 radical (unpaired) electrons. The first kappa shape index (κ1) is 10.2. The zero-order chi connectivity index (χ0) is 7.02. The molecular weight excluding hydrogens is 168 g/mol. The fourth-order valence-corrected chi connectivity index (χ4v) is 0.488. The van der Waals surface area contributed by atoms with Gasteiger partial charge in [-0.25, -0.2) is 9.59 Å². The molecule has 10 heavy (non-hydrogen) atoms. The molecule has 1 saturated heterocycles. The zero-order valence-corrected chi connectivity index (χ0v) is 4.27. The molecule has 0 saturated carbocycles. The van der Waals surface area contributed by atoms with Gasteiger partial charge in [0.2, 0.25) is 0 Å². The van der Waals surface area contributed by atoms with Gasteiger partial charge < -0.3 is 14.9 Å². The molecule has 2 N–H and O–H groups in total. The number of ether oxygens (including phenoxy) is 1. The van der Waals surface area contributed by atoms with Crippen molar-refractivity contribution in [1.82, 2.24) is 0 Å². The third-order valence-corrected chi connectivity index (χ3v) is 0.978. The van der Waals surface area contributed by atoms with Crippen LogP contribution in [0.2, 0.25) is 0 Å². The molecule has 1 aliphatic rings. The van der Waals surface area contributed by atoms with Crippen LogP contribution in [0.5, 0.6) is 0 Å². The van der Waals surface area contributed by atoms with Gasteiger partial charge in [-0.05, 0) is 0 Å². The Balaban J connectivity index is 0.000000810. The van der Waals surface area contributed by atoms with E-state index >= 15 is 0 Å². The van der Waals surface area contributed by atoms with Crippen molar-refractivity contribution in [3.05, 3.63) is 0 Å². The van der Waals surface area contributed by atoms with Gasteiger partial charge >= 0.3 is 49.7 Å². The summed E-state index contributed by atoms with van der Waals surface area (Å²) in [6.45, 7) is 0. The summed E-state index contributed by atoms with van der Waals surface area (Å²) in [4.78, 5) is 19.8. The van der Waals surface area contributed by atoms with Crippen molar-refractivity contribution >= 4 is 49.7 Å². The fourth-order valence-electron chi connectivity index (χ4n) is 0.488. The van der Waals surface area contributed by atoms with E-state index in [1.165, 1.54) is 0 Å². The monoisotopic (exact) mass is 174 g/mol. The standard InChI is InChI=1S/C4H4O5.Ca.2H/c5-3(6)1-2(9-1)4(7)8;;;/h1-2H,(H,5,6)(H,7,8);;;. The summed E-state index contributed by atoms with van der Waals surface area (Å²) >= 11 is 0. The Morgan fingerprint density at radius 1 is 1.10 bits per heavy atom. The number of rotatable bonds is 2. The molecule has 5 nitrogen and oxygen atoms in total. The van der Waals surface area contributed by atoms with Gasteiger partial charge in [0.15, 0.2) is 12.2 Å². The second-order valence-electron chi connectivity index (χ2n) is 1.65. The van der Waals surface area contributed by atoms with E-state index in [0.717, 1.165) is 0 Å². The molecule has 2 unspecified atom stereocenters. The van der Waals surface area contributed by atoms with E-state index in [-0.39, 0.29) is 37.7 Å². The Hall–Kier alpha value is 0.160. The third kappa shape index (κ3) is 2.09. The van der Waals surface area contributed by atoms with Crippen molar-refractivity contribution in [2.45, 2.75) is 12.2 Å². The molecule has 1 heterocycles. The summed E-state index contributed by atoms with van der Waals surface area (Å²) in [5.41, 5.74) is 0. The van der Waals surface area contributed by atoms with Crippen LogP contribution in [0.15, 0.2) is 0 Å². The Bertz CT molecular complexity index is 149. The van der Waals surface area contributed by atoms with Crippen LogP contribution in [-0.2, 0) is 14.3 Å². The molecule has 0 aromatic carbocycles. The van der Waals surface area contributed by atoms with Gasteiger partial charge in [-0.3, -0.25) is 0 Å². The summed E-state index contributed by atoms with van der Waals surface area (Å²) in [5.74, 6) is -2.44. The normalized spacial score (nSPS) is 28.4. The van der Waals surface area contributed by atoms with Crippen molar-refractivity contribution in [2.75, 3.05) is 0 Å². The molecule has 54 valence electrons. The molecule has 6 heteroatoms. The van der Waals surface area contributed by atoms with E-state index in [2.05, 4.69) is 4.74 Å². The molecule has 1 aliphatic heterocycles. The average molecular weight is 174 g/mol. The van der Waals surface area contributed by atoms with Gasteiger partial charge in [-0.2, -0.15) is 0 Å². The van der Waals surface area contributed by atoms with Gasteiger partial charge in [0.05, 0.1) is 0 Å². The molecule has 0 bridgehead atoms. The van der Waals surface area contributed by atoms with Gasteiger partial charge in [-0.15, -0.1) is 0 Å². The first-order valence-corrected chi connectivity index (χ1v) is 2.24. The SMILES string of the molecule is O=C(O)C1OC1C(=O)O.[CaH2]. The van der Waals surface area contributed by atoms with Crippen LogP contribution in [0, 0.1) is 0 Å². The molecule has 0 aromatic rings. The second-order valence-corrected chi connectivity index (χ2v) is 1.65. The molecule has 0 aromatic heterocycles. The Labute approximate surface area is 86.0 Å². The number of hydrogen-bond acceptors (Lipinski definition) is 3. The van der Waals surface area contributed by atoms with Crippen molar-refractivity contribution in [1.29, 1.82) is 0 Å². The van der Waals surface area contributed by atoms with Gasteiger partial charge in [0.1, 0.15) is 0 Å². The average Bonchev–Trinajstić information content (AvgIpc) is 2.39. The van der Waals surface area contributed by atoms with Gasteiger partial charge in [0.25, 0.3) is 0 Å². The Morgan fingerprint density at radius 2 is 1.40 bits per heavy atom. The first-order valence-electron chi connectivity index (χ1n) is 2.24. The van der Waals surface area contributed by atoms with E-state index in [1.54, 1.807) is 0 Å². The Kier molecular flexibility index (Phi) is 3.58. The molecule has 0 aliphatic carbocycles. The minimum absolute atomic E-state index is 0. The Morgan fingerprint density at radius 3 is 1.50 bits per heavy atom. The third-order valence-electron chi connectivity index (χ3n) is 0.978. The van der Waals surface area contributed by atoms with Crippen molar-refractivity contribution in [2.24, 2.45) is 0 Å². The molecule has 2 atom stereocenters. The second kappa shape index (κ2) is 3.52. The molecule has 1 rings (SSSR count). The maximum absolute atomic E-state index is 9.89. The maximum atomic E-state index is 9.89. The minimum atomic E-state index is -1.22. The quantitative estimate of drug-likeness (QED) is 0.373. The topological polar surface area (TPSA) is 87.1 Å². The van der Waals surface area contributed by atoms with Crippen molar-refractivity contribution in [3.63, 3.8) is 0 Å². The van der Waals surface area contributed by atoms with Crippen LogP contribution in [0.25, 0.3) is 0 Å². The molecule has 1 fully saturated rings. The van der Waals surface area contributed by atoms with Crippen LogP contribution >= 0.6 is 0 Å². The van der Waals surface area contributed by atoms with Gasteiger partial charge in [0, 0.05) is 0 Å². The first-order chi connectivity index (χ1) is 4.13. The van der Waals surface area contributed by atoms with Crippen LogP contribution in [0.3, 0.4) is 0 Å². The zero-order valence-electron chi connectivity index (χ0n) is 4.27. The van der Waals surface area contributed by atoms with E-state index in [1.807, 2.05) is 0 Å². The van der Waals surface area contributed by atoms with Crippen LogP contribution in [0.1, 0.15) is 0 Å². The molecular formula is C4H6CaO5. The van der Waals surface area contributed by atoms with Gasteiger partial charge in [-0.1, -0.05) is 0 Å². The summed E-state index contributed by atoms with van der Waals surface area (Å²) in [5, 5.41) is 16.2. The number of carbonyl (C=O) groups is 2. The van der Waals surface area contributed by atoms with E-state index in [4.69, 9.17) is 10.2 Å². The summed E-state index contributed by atoms with van der Waals surface area (Å²) in [7, 11) is 0. The van der Waals surface area contributed by atoms with Crippen LogP contribution in [0.4, 0.5) is 0 Å². The molecule has 0 spiro atoms. The van der Waals surface area contributed by atoms with E-state index in [9.17, 15) is 9.59 Å². The number of carboxylic acid groups (broad SMARTS) is 2. The molecule has 0 amide bonds. The summed E-state index contributed by atoms with van der Waals surface area (Å²) in [6.07, 6.45) is -2.25. The van der Waals surface area contributed by atoms with E-state index in [0.29, 0.717) is 0 Å². The van der Waals surface area contributed by atoms with Crippen molar-refractivity contribution in [3.8, 4) is 0 Å². The van der Waals surface area contributed by atoms with Crippen LogP contribution in [-0.4, -0.2) is 72.1 Å². The number of hydrogen-bond donors (Lipinski definition) is 2. The number of epoxide rings is 1. The van der Waals surface area contributed by atoms with Crippen molar-refractivity contribution < 1.29 is 24.5 Å². The summed E-state index contributed by atoms with van der Waals surface area (Å²) in [6, 6.07) is 0. The fraction of sp³-hybridized carbons (Fsp3) is 0.500. The van der Waals surface area contributed by atoms with Crippen LogP contribution < -0.4 is 0 Å². The number of aliphatic carboxylic acids is 2. The van der Waals surface area contributed by atoms with E-state index < -0.39 is 24.1 Å². The predicted octanol–water partition coefficient (Wildman–Crippen LogP) is -1.99.